The van der Waals surface area contributed by atoms with E-state index in [0.29, 0.717) is 48.0 Å². The van der Waals surface area contributed by atoms with E-state index in [0.717, 1.165) is 38.2 Å². The predicted molar refractivity (Wildman–Crippen MR) is 145 cm³/mol. The standard InChI is InChI=1S/C27H31N9O/c1-3-21-18-34(2)14-15-35(21)22-11-9-20(10-12-22)30-27-29-17-19(16-28)26(33-27)32-23-6-4-7-24(31-23)36-13-5-8-25(36)37/h4,6-7,9-12,17,21H,3,5,8,13-15,18H2,1-2H3,(H2,29,30,31,32,33). The van der Waals surface area contributed by atoms with Gasteiger partial charge in [0.2, 0.25) is 11.9 Å². The summed E-state index contributed by atoms with van der Waals surface area (Å²) >= 11 is 0. The molecular weight excluding hydrogens is 466 g/mol. The molecule has 0 bridgehead atoms. The number of aromatic nitrogens is 3. The van der Waals surface area contributed by atoms with Gasteiger partial charge in [-0.05, 0) is 56.3 Å². The van der Waals surface area contributed by atoms with E-state index >= 15 is 0 Å². The molecule has 0 radical (unpaired) electrons. The highest BCUT2D eigenvalue weighted by atomic mass is 16.2. The molecule has 2 aliphatic heterocycles. The van der Waals surface area contributed by atoms with Crippen molar-refractivity contribution in [3.63, 3.8) is 0 Å². The van der Waals surface area contributed by atoms with Gasteiger partial charge in [0.1, 0.15) is 23.3 Å². The highest BCUT2D eigenvalue weighted by Gasteiger charge is 2.24. The smallest absolute Gasteiger partial charge is 0.229 e. The summed E-state index contributed by atoms with van der Waals surface area (Å²) in [6.45, 7) is 6.02. The third-order valence-electron chi connectivity index (χ3n) is 6.85. The van der Waals surface area contributed by atoms with Crippen LogP contribution >= 0.6 is 0 Å². The van der Waals surface area contributed by atoms with E-state index in [2.05, 4.69) is 67.6 Å². The van der Waals surface area contributed by atoms with E-state index in [9.17, 15) is 10.1 Å². The largest absolute Gasteiger partial charge is 0.366 e. The lowest BCUT2D eigenvalue weighted by Gasteiger charge is -2.41. The van der Waals surface area contributed by atoms with Crippen LogP contribution in [-0.4, -0.2) is 65.0 Å². The number of nitrogens with zero attached hydrogens (tertiary/aromatic N) is 7. The van der Waals surface area contributed by atoms with Crippen molar-refractivity contribution in [2.75, 3.05) is 53.7 Å². The Balaban J connectivity index is 1.31. The number of piperazine rings is 1. The van der Waals surface area contributed by atoms with Gasteiger partial charge in [-0.1, -0.05) is 13.0 Å². The third kappa shape index (κ3) is 5.47. The first-order valence-electron chi connectivity index (χ1n) is 12.7. The Hall–Kier alpha value is -4.23. The second kappa shape index (κ2) is 10.8. The summed E-state index contributed by atoms with van der Waals surface area (Å²) in [4.78, 5) is 32.0. The summed E-state index contributed by atoms with van der Waals surface area (Å²) in [5, 5.41) is 15.9. The molecule has 2 saturated heterocycles. The number of anilines is 6. The summed E-state index contributed by atoms with van der Waals surface area (Å²) in [5.74, 6) is 1.87. The molecule has 2 aromatic heterocycles. The van der Waals surface area contributed by atoms with Gasteiger partial charge in [-0.2, -0.15) is 10.2 Å². The van der Waals surface area contributed by atoms with Crippen molar-refractivity contribution in [1.82, 2.24) is 19.9 Å². The van der Waals surface area contributed by atoms with Gasteiger partial charge >= 0.3 is 0 Å². The molecule has 1 amide bonds. The molecule has 0 spiro atoms. The van der Waals surface area contributed by atoms with Crippen LogP contribution in [0.1, 0.15) is 31.7 Å². The van der Waals surface area contributed by atoms with Crippen molar-refractivity contribution >= 4 is 40.7 Å². The Labute approximate surface area is 217 Å². The van der Waals surface area contributed by atoms with E-state index in [-0.39, 0.29) is 5.91 Å². The molecule has 1 aromatic carbocycles. The number of nitriles is 1. The number of amides is 1. The first kappa shape index (κ1) is 24.5. The Morgan fingerprint density at radius 2 is 1.92 bits per heavy atom. The SMILES string of the molecule is CCC1CN(C)CCN1c1ccc(Nc2ncc(C#N)c(Nc3cccc(N4CCCC4=O)n3)n2)cc1. The molecule has 190 valence electrons. The van der Waals surface area contributed by atoms with E-state index in [1.165, 1.54) is 11.9 Å². The fourth-order valence-corrected chi connectivity index (χ4v) is 4.84. The van der Waals surface area contributed by atoms with Gasteiger partial charge in [0.05, 0.1) is 6.20 Å². The van der Waals surface area contributed by atoms with E-state index in [4.69, 9.17) is 0 Å². The Kier molecular flexibility index (Phi) is 7.14. The molecule has 2 N–H and O–H groups in total. The number of nitrogens with one attached hydrogen (secondary N) is 2. The summed E-state index contributed by atoms with van der Waals surface area (Å²) in [5.41, 5.74) is 2.36. The zero-order chi connectivity index (χ0) is 25.8. The predicted octanol–water partition coefficient (Wildman–Crippen LogP) is 3.89. The highest BCUT2D eigenvalue weighted by Crippen LogP contribution is 2.26. The lowest BCUT2D eigenvalue weighted by atomic mass is 10.1. The maximum Gasteiger partial charge on any atom is 0.229 e. The zero-order valence-electron chi connectivity index (χ0n) is 21.2. The van der Waals surface area contributed by atoms with Gasteiger partial charge in [0.25, 0.3) is 0 Å². The molecule has 0 saturated carbocycles. The fourth-order valence-electron chi connectivity index (χ4n) is 4.84. The number of hydrogen-bond donors (Lipinski definition) is 2. The van der Waals surface area contributed by atoms with Crippen molar-refractivity contribution in [2.24, 2.45) is 0 Å². The summed E-state index contributed by atoms with van der Waals surface area (Å²) in [6.07, 6.45) is 3.95. The lowest BCUT2D eigenvalue weighted by Crippen LogP contribution is -2.51. The minimum absolute atomic E-state index is 0.0692. The van der Waals surface area contributed by atoms with Gasteiger partial charge in [0, 0.05) is 50.0 Å². The number of carbonyl (C=O) groups is 1. The van der Waals surface area contributed by atoms with Crippen molar-refractivity contribution in [3.05, 3.63) is 54.2 Å². The summed E-state index contributed by atoms with van der Waals surface area (Å²) < 4.78 is 0. The van der Waals surface area contributed by atoms with Gasteiger partial charge in [-0.3, -0.25) is 9.69 Å². The molecule has 2 fully saturated rings. The van der Waals surface area contributed by atoms with Crippen LogP contribution in [0.5, 0.6) is 0 Å². The molecule has 3 aromatic rings. The molecule has 37 heavy (non-hydrogen) atoms. The zero-order valence-corrected chi connectivity index (χ0v) is 21.2. The van der Waals surface area contributed by atoms with E-state index < -0.39 is 0 Å². The minimum Gasteiger partial charge on any atom is -0.366 e. The van der Waals surface area contributed by atoms with Gasteiger partial charge < -0.3 is 20.4 Å². The molecule has 1 atom stereocenters. The first-order chi connectivity index (χ1) is 18.0. The first-order valence-corrected chi connectivity index (χ1v) is 12.7. The van der Waals surface area contributed by atoms with Crippen LogP contribution in [0.4, 0.5) is 34.8 Å². The fraction of sp³-hybridized carbons (Fsp3) is 0.370. The quantitative estimate of drug-likeness (QED) is 0.502. The molecule has 4 heterocycles. The van der Waals surface area contributed by atoms with Crippen LogP contribution in [0.3, 0.4) is 0 Å². The number of benzene rings is 1. The number of carbonyl (C=O) groups excluding carboxylic acids is 1. The Bertz CT molecular complexity index is 1300. The van der Waals surface area contributed by atoms with Crippen molar-refractivity contribution in [1.29, 1.82) is 5.26 Å². The van der Waals surface area contributed by atoms with Crippen molar-refractivity contribution in [3.8, 4) is 6.07 Å². The molecule has 0 aliphatic carbocycles. The van der Waals surface area contributed by atoms with Crippen LogP contribution in [0.15, 0.2) is 48.7 Å². The second-order valence-corrected chi connectivity index (χ2v) is 9.41. The Morgan fingerprint density at radius 3 is 2.65 bits per heavy atom. The normalized spacial score (nSPS) is 18.1. The third-order valence-corrected chi connectivity index (χ3v) is 6.85. The maximum absolute atomic E-state index is 12.1. The summed E-state index contributed by atoms with van der Waals surface area (Å²) in [6, 6.07) is 16.3. The number of likely N-dealkylation sites (N-methyl/N-ethyl adjacent to an activating group) is 1. The van der Waals surface area contributed by atoms with E-state index in [1.807, 2.05) is 18.2 Å². The van der Waals surface area contributed by atoms with E-state index in [1.54, 1.807) is 17.0 Å². The second-order valence-electron chi connectivity index (χ2n) is 9.41. The highest BCUT2D eigenvalue weighted by molar-refractivity contribution is 5.94. The summed E-state index contributed by atoms with van der Waals surface area (Å²) in [7, 11) is 2.18. The lowest BCUT2D eigenvalue weighted by molar-refractivity contribution is -0.117. The van der Waals surface area contributed by atoms with Crippen LogP contribution in [0.25, 0.3) is 0 Å². The van der Waals surface area contributed by atoms with Gasteiger partial charge in [-0.25, -0.2) is 9.97 Å². The van der Waals surface area contributed by atoms with Gasteiger partial charge in [0.15, 0.2) is 5.82 Å². The van der Waals surface area contributed by atoms with Crippen LogP contribution < -0.4 is 20.4 Å². The van der Waals surface area contributed by atoms with Crippen molar-refractivity contribution < 1.29 is 4.79 Å². The Morgan fingerprint density at radius 1 is 1.08 bits per heavy atom. The van der Waals surface area contributed by atoms with Crippen LogP contribution in [0, 0.1) is 11.3 Å². The average molecular weight is 498 g/mol. The minimum atomic E-state index is 0.0692. The van der Waals surface area contributed by atoms with Crippen LogP contribution in [-0.2, 0) is 4.79 Å². The average Bonchev–Trinajstić information content (AvgIpc) is 3.35. The van der Waals surface area contributed by atoms with Gasteiger partial charge in [-0.15, -0.1) is 0 Å². The number of pyridine rings is 1. The van der Waals surface area contributed by atoms with Crippen LogP contribution in [0.2, 0.25) is 0 Å². The maximum atomic E-state index is 12.1. The molecule has 10 heteroatoms. The topological polar surface area (TPSA) is 113 Å². The molecule has 10 nitrogen and oxygen atoms in total. The number of hydrogen-bond acceptors (Lipinski definition) is 9. The number of rotatable bonds is 7. The molecular formula is C27H31N9O. The molecule has 2 aliphatic rings. The monoisotopic (exact) mass is 497 g/mol. The molecule has 1 unspecified atom stereocenters. The van der Waals surface area contributed by atoms with Crippen molar-refractivity contribution in [2.45, 2.75) is 32.2 Å². The molecule has 5 rings (SSSR count).